The lowest BCUT2D eigenvalue weighted by Gasteiger charge is -2.36. The first kappa shape index (κ1) is 13.9. The van der Waals surface area contributed by atoms with Gasteiger partial charge in [-0.3, -0.25) is 4.79 Å². The molecule has 1 fully saturated rings. The number of carbonyl (C=O) groups excluding carboxylic acids is 1. The van der Waals surface area contributed by atoms with Crippen LogP contribution in [0.4, 0.5) is 5.69 Å². The molecule has 2 N–H and O–H groups in total. The minimum atomic E-state index is 0.185. The van der Waals surface area contributed by atoms with E-state index < -0.39 is 0 Å². The number of amides is 1. The van der Waals surface area contributed by atoms with Crippen LogP contribution in [-0.2, 0) is 11.2 Å². The van der Waals surface area contributed by atoms with Crippen LogP contribution in [0, 0.1) is 0 Å². The molecule has 1 aromatic rings. The van der Waals surface area contributed by atoms with Gasteiger partial charge in [-0.2, -0.15) is 0 Å². The number of hydrogen-bond donors (Lipinski definition) is 1. The van der Waals surface area contributed by atoms with Crippen LogP contribution in [0.3, 0.4) is 0 Å². The minimum Gasteiger partial charge on any atom is -0.399 e. The molecule has 1 aliphatic heterocycles. The summed E-state index contributed by atoms with van der Waals surface area (Å²) in [5.41, 5.74) is 7.41. The molecule has 0 spiro atoms. The zero-order chi connectivity index (χ0) is 13.8. The molecule has 0 aliphatic carbocycles. The maximum Gasteiger partial charge on any atom is 0.227 e. The highest BCUT2D eigenvalue weighted by molar-refractivity contribution is 5.79. The fraction of sp³-hybridized carbons (Fsp3) is 0.533. The number of nitrogens with two attached hydrogens (primary N) is 1. The van der Waals surface area contributed by atoms with Gasteiger partial charge in [-0.05, 0) is 44.1 Å². The molecule has 104 valence electrons. The maximum atomic E-state index is 12.3. The average Bonchev–Trinajstić information content (AvgIpc) is 2.40. The van der Waals surface area contributed by atoms with Crippen LogP contribution in [-0.4, -0.2) is 48.9 Å². The van der Waals surface area contributed by atoms with Crippen LogP contribution in [0.5, 0.6) is 0 Å². The van der Waals surface area contributed by atoms with E-state index in [0.717, 1.165) is 30.8 Å². The van der Waals surface area contributed by atoms with Crippen molar-refractivity contribution in [3.63, 3.8) is 0 Å². The highest BCUT2D eigenvalue weighted by Crippen LogP contribution is 2.15. The summed E-state index contributed by atoms with van der Waals surface area (Å²) in [5, 5.41) is 0. The molecule has 1 aliphatic rings. The lowest BCUT2D eigenvalue weighted by atomic mass is 10.0. The third-order valence-electron chi connectivity index (χ3n) is 3.88. The van der Waals surface area contributed by atoms with E-state index in [4.69, 9.17) is 5.73 Å². The fourth-order valence-electron chi connectivity index (χ4n) is 2.59. The van der Waals surface area contributed by atoms with Crippen molar-refractivity contribution in [1.82, 2.24) is 9.80 Å². The number of benzene rings is 1. The second kappa shape index (κ2) is 6.06. The maximum absolute atomic E-state index is 12.3. The van der Waals surface area contributed by atoms with E-state index >= 15 is 0 Å². The smallest absolute Gasteiger partial charge is 0.227 e. The molecule has 19 heavy (non-hydrogen) atoms. The highest BCUT2D eigenvalue weighted by atomic mass is 16.2. The van der Waals surface area contributed by atoms with E-state index in [9.17, 15) is 4.79 Å². The van der Waals surface area contributed by atoms with Crippen molar-refractivity contribution in [3.05, 3.63) is 29.8 Å². The third kappa shape index (κ3) is 3.70. The van der Waals surface area contributed by atoms with Gasteiger partial charge in [0.15, 0.2) is 0 Å². The molecule has 2 rings (SSSR count). The Labute approximate surface area is 115 Å². The van der Waals surface area contributed by atoms with E-state index in [2.05, 4.69) is 11.9 Å². The largest absolute Gasteiger partial charge is 0.399 e. The normalized spacial score (nSPS) is 20.2. The van der Waals surface area contributed by atoms with Gasteiger partial charge in [0.2, 0.25) is 5.91 Å². The first-order valence-corrected chi connectivity index (χ1v) is 6.85. The summed E-state index contributed by atoms with van der Waals surface area (Å²) in [5.74, 6) is 0.185. The zero-order valence-corrected chi connectivity index (χ0v) is 11.8. The van der Waals surface area contributed by atoms with Gasteiger partial charge in [-0.25, -0.2) is 0 Å². The van der Waals surface area contributed by atoms with Crippen molar-refractivity contribution >= 4 is 11.6 Å². The van der Waals surface area contributed by atoms with E-state index in [0.29, 0.717) is 12.5 Å². The second-order valence-electron chi connectivity index (χ2n) is 5.48. The molecule has 4 nitrogen and oxygen atoms in total. The number of piperidine rings is 1. The van der Waals surface area contributed by atoms with Gasteiger partial charge >= 0.3 is 0 Å². The minimum absolute atomic E-state index is 0.185. The Hall–Kier alpha value is -1.55. The predicted octanol–water partition coefficient (Wildman–Crippen LogP) is 1.36. The molecule has 0 saturated carbocycles. The number of rotatable bonds is 3. The van der Waals surface area contributed by atoms with Gasteiger partial charge in [-0.1, -0.05) is 12.1 Å². The molecular weight excluding hydrogens is 238 g/mol. The lowest BCUT2D eigenvalue weighted by Crippen LogP contribution is -2.47. The first-order chi connectivity index (χ1) is 9.06. The lowest BCUT2D eigenvalue weighted by molar-refractivity contribution is -0.132. The third-order valence-corrected chi connectivity index (χ3v) is 3.88. The molecule has 1 atom stereocenters. The summed E-state index contributed by atoms with van der Waals surface area (Å²) in [4.78, 5) is 16.5. The average molecular weight is 261 g/mol. The number of nitrogens with zero attached hydrogens (tertiary/aromatic N) is 2. The number of carbonyl (C=O) groups is 1. The summed E-state index contributed by atoms with van der Waals surface area (Å²) >= 11 is 0. The van der Waals surface area contributed by atoms with Crippen molar-refractivity contribution in [3.8, 4) is 0 Å². The zero-order valence-electron chi connectivity index (χ0n) is 11.8. The van der Waals surface area contributed by atoms with Crippen LogP contribution >= 0.6 is 0 Å². The molecular formula is C15H23N3O. The molecule has 0 radical (unpaired) electrons. The van der Waals surface area contributed by atoms with Crippen molar-refractivity contribution in [1.29, 1.82) is 0 Å². The van der Waals surface area contributed by atoms with Crippen LogP contribution in [0.15, 0.2) is 24.3 Å². The number of hydrogen-bond acceptors (Lipinski definition) is 3. The van der Waals surface area contributed by atoms with Gasteiger partial charge in [0, 0.05) is 25.3 Å². The fourth-order valence-corrected chi connectivity index (χ4v) is 2.59. The van der Waals surface area contributed by atoms with Gasteiger partial charge in [0.1, 0.15) is 0 Å². The van der Waals surface area contributed by atoms with E-state index in [1.54, 1.807) is 0 Å². The molecule has 0 bridgehead atoms. The Kier molecular flexibility index (Phi) is 4.43. The Balaban J connectivity index is 1.93. The summed E-state index contributed by atoms with van der Waals surface area (Å²) < 4.78 is 0. The van der Waals surface area contributed by atoms with Gasteiger partial charge in [0.25, 0.3) is 0 Å². The van der Waals surface area contributed by atoms with Gasteiger partial charge in [0.05, 0.1) is 6.42 Å². The second-order valence-corrected chi connectivity index (χ2v) is 5.48. The van der Waals surface area contributed by atoms with Crippen molar-refractivity contribution in [2.45, 2.75) is 25.3 Å². The van der Waals surface area contributed by atoms with Crippen LogP contribution in [0.1, 0.15) is 18.4 Å². The summed E-state index contributed by atoms with van der Waals surface area (Å²) in [6, 6.07) is 7.89. The van der Waals surface area contributed by atoms with Gasteiger partial charge < -0.3 is 15.5 Å². The molecule has 1 unspecified atom stereocenters. The molecule has 1 aromatic carbocycles. The SMILES string of the molecule is CN1CCCC(N(C)C(=O)Cc2ccc(N)cc2)C1. The highest BCUT2D eigenvalue weighted by Gasteiger charge is 2.24. The quantitative estimate of drug-likeness (QED) is 0.836. The molecule has 0 aromatic heterocycles. The predicted molar refractivity (Wildman–Crippen MR) is 77.8 cm³/mol. The Morgan fingerprint density at radius 1 is 1.42 bits per heavy atom. The Bertz CT molecular complexity index is 430. The summed E-state index contributed by atoms with van der Waals surface area (Å²) in [6.07, 6.45) is 2.73. The molecule has 4 heteroatoms. The van der Waals surface area contributed by atoms with Crippen molar-refractivity contribution in [2.75, 3.05) is 32.9 Å². The van der Waals surface area contributed by atoms with Gasteiger partial charge in [-0.15, -0.1) is 0 Å². The van der Waals surface area contributed by atoms with E-state index in [1.807, 2.05) is 36.2 Å². The Morgan fingerprint density at radius 2 is 2.11 bits per heavy atom. The summed E-state index contributed by atoms with van der Waals surface area (Å²) in [6.45, 7) is 2.11. The molecule has 1 saturated heterocycles. The molecule has 1 amide bonds. The van der Waals surface area contributed by atoms with E-state index in [1.165, 1.54) is 6.42 Å². The Morgan fingerprint density at radius 3 is 2.74 bits per heavy atom. The van der Waals surface area contributed by atoms with Crippen LogP contribution in [0.2, 0.25) is 0 Å². The number of likely N-dealkylation sites (N-methyl/N-ethyl adjacent to an activating group) is 2. The monoisotopic (exact) mass is 261 g/mol. The number of anilines is 1. The standard InChI is InChI=1S/C15H23N3O/c1-17-9-3-4-14(11-17)18(2)15(19)10-12-5-7-13(16)8-6-12/h5-8,14H,3-4,9-11,16H2,1-2H3. The summed E-state index contributed by atoms with van der Waals surface area (Å²) in [7, 11) is 4.04. The molecule has 1 heterocycles. The van der Waals surface area contributed by atoms with Crippen LogP contribution < -0.4 is 5.73 Å². The van der Waals surface area contributed by atoms with Crippen LogP contribution in [0.25, 0.3) is 0 Å². The van der Waals surface area contributed by atoms with E-state index in [-0.39, 0.29) is 5.91 Å². The number of nitrogen functional groups attached to an aromatic ring is 1. The first-order valence-electron chi connectivity index (χ1n) is 6.85. The van der Waals surface area contributed by atoms with Crippen molar-refractivity contribution in [2.24, 2.45) is 0 Å². The van der Waals surface area contributed by atoms with Crippen molar-refractivity contribution < 1.29 is 4.79 Å². The number of likely N-dealkylation sites (tertiary alicyclic amines) is 1. The topological polar surface area (TPSA) is 49.6 Å².